The van der Waals surface area contributed by atoms with Gasteiger partial charge in [-0.1, -0.05) is 19.2 Å². The Morgan fingerprint density at radius 2 is 2.07 bits per heavy atom. The zero-order valence-corrected chi connectivity index (χ0v) is 15.9. The molecule has 0 atom stereocenters. The average molecular weight is 384 g/mol. The van der Waals surface area contributed by atoms with Crippen molar-refractivity contribution in [2.45, 2.75) is 19.9 Å². The third-order valence-corrected chi connectivity index (χ3v) is 4.33. The first-order chi connectivity index (χ1) is 13.4. The second-order valence-corrected chi connectivity index (χ2v) is 6.52. The van der Waals surface area contributed by atoms with Crippen LogP contribution in [0.5, 0.6) is 5.75 Å². The number of benzene rings is 1. The number of halogens is 2. The number of rotatable bonds is 6. The van der Waals surface area contributed by atoms with Gasteiger partial charge in [-0.2, -0.15) is 0 Å². The molecule has 146 valence electrons. The summed E-state index contributed by atoms with van der Waals surface area (Å²) in [5.41, 5.74) is 1.49. The summed E-state index contributed by atoms with van der Waals surface area (Å²) in [6.45, 7) is 12.3. The smallest absolute Gasteiger partial charge is 0.227 e. The molecule has 0 saturated carbocycles. The molecule has 0 amide bonds. The van der Waals surface area contributed by atoms with E-state index in [4.69, 9.17) is 4.74 Å². The van der Waals surface area contributed by atoms with E-state index in [1.165, 1.54) is 6.07 Å². The number of ether oxygens (including phenoxy) is 1. The zero-order valence-electron chi connectivity index (χ0n) is 15.9. The fraction of sp³-hybridized carbons (Fsp3) is 0.238. The maximum Gasteiger partial charge on any atom is 0.227 e. The van der Waals surface area contributed by atoms with Crippen LogP contribution < -0.4 is 15.0 Å². The number of nitrogens with one attached hydrogen (secondary N) is 1. The molecule has 1 aromatic carbocycles. The quantitative estimate of drug-likeness (QED) is 0.732. The molecule has 0 spiro atoms. The number of allylic oxidation sites excluding steroid dienone is 3. The van der Waals surface area contributed by atoms with Crippen LogP contribution in [0.1, 0.15) is 13.8 Å². The van der Waals surface area contributed by atoms with Crippen LogP contribution in [0.3, 0.4) is 0 Å². The Morgan fingerprint density at radius 3 is 2.75 bits per heavy atom. The van der Waals surface area contributed by atoms with Crippen molar-refractivity contribution in [2.75, 3.05) is 23.4 Å². The zero-order chi connectivity index (χ0) is 20.3. The summed E-state index contributed by atoms with van der Waals surface area (Å²) >= 11 is 0. The minimum absolute atomic E-state index is 0.00417. The minimum atomic E-state index is -0.648. The molecule has 0 radical (unpaired) electrons. The molecular weight excluding hydrogens is 362 g/mol. The highest BCUT2D eigenvalue weighted by Gasteiger charge is 2.25. The van der Waals surface area contributed by atoms with Gasteiger partial charge in [-0.3, -0.25) is 0 Å². The number of hydrogen-bond acceptors (Lipinski definition) is 5. The Kier molecular flexibility index (Phi) is 5.73. The van der Waals surface area contributed by atoms with E-state index in [9.17, 15) is 8.78 Å². The van der Waals surface area contributed by atoms with Gasteiger partial charge in [0.25, 0.3) is 0 Å². The molecule has 3 rings (SSSR count). The van der Waals surface area contributed by atoms with E-state index in [2.05, 4.69) is 28.4 Å². The molecule has 0 unspecified atom stereocenters. The molecule has 0 fully saturated rings. The Bertz CT molecular complexity index is 940. The highest BCUT2D eigenvalue weighted by atomic mass is 19.1. The number of fused-ring (bicyclic) bond motifs is 1. The lowest BCUT2D eigenvalue weighted by atomic mass is 10.1. The summed E-state index contributed by atoms with van der Waals surface area (Å²) in [5, 5.41) is 2.92. The number of nitrogens with zero attached hydrogens (tertiary/aromatic N) is 3. The molecule has 1 aromatic heterocycles. The second kappa shape index (κ2) is 8.21. The first-order valence-corrected chi connectivity index (χ1v) is 8.92. The first-order valence-electron chi connectivity index (χ1n) is 8.92. The van der Waals surface area contributed by atoms with E-state index in [-0.39, 0.29) is 23.4 Å². The standard InChI is InChI=1S/C21H22F2N4O/c1-5-7-15(6-2)25-21-24-12-17(23)19(26-21)14-10-16(22)20-18(11-14)27(13(3)4)8-9-28-20/h5-7,10-13H,1-2,8-9H2,3-4H3,(H,24,25,26)/b15-7+. The summed E-state index contributed by atoms with van der Waals surface area (Å²) in [4.78, 5) is 10.2. The molecule has 2 aromatic rings. The van der Waals surface area contributed by atoms with Gasteiger partial charge in [0.15, 0.2) is 17.4 Å². The average Bonchev–Trinajstić information content (AvgIpc) is 2.68. The topological polar surface area (TPSA) is 50.3 Å². The maximum atomic E-state index is 14.7. The van der Waals surface area contributed by atoms with Crippen molar-refractivity contribution in [3.05, 3.63) is 67.0 Å². The first kappa shape index (κ1) is 19.5. The fourth-order valence-corrected chi connectivity index (χ4v) is 3.02. The number of anilines is 2. The second-order valence-electron chi connectivity index (χ2n) is 6.52. The molecule has 7 heteroatoms. The molecule has 1 aliphatic heterocycles. The molecule has 2 heterocycles. The van der Waals surface area contributed by atoms with E-state index in [0.717, 1.165) is 6.20 Å². The van der Waals surface area contributed by atoms with E-state index in [0.29, 0.717) is 30.1 Å². The molecule has 0 aliphatic carbocycles. The van der Waals surface area contributed by atoms with Crippen LogP contribution in [-0.4, -0.2) is 29.2 Å². The fourth-order valence-electron chi connectivity index (χ4n) is 3.02. The summed E-state index contributed by atoms with van der Waals surface area (Å²) in [6, 6.07) is 3.07. The Hall–Kier alpha value is -3.22. The Labute approximate surface area is 163 Å². The monoisotopic (exact) mass is 384 g/mol. The number of hydrogen-bond donors (Lipinski definition) is 1. The van der Waals surface area contributed by atoms with Gasteiger partial charge >= 0.3 is 0 Å². The van der Waals surface area contributed by atoms with Gasteiger partial charge in [0, 0.05) is 17.3 Å². The van der Waals surface area contributed by atoms with E-state index in [1.807, 2.05) is 18.7 Å². The van der Waals surface area contributed by atoms with Crippen LogP contribution in [0.2, 0.25) is 0 Å². The third-order valence-electron chi connectivity index (χ3n) is 4.33. The molecule has 0 bridgehead atoms. The van der Waals surface area contributed by atoms with Crippen molar-refractivity contribution in [1.82, 2.24) is 9.97 Å². The predicted molar refractivity (Wildman–Crippen MR) is 107 cm³/mol. The third kappa shape index (κ3) is 3.88. The summed E-state index contributed by atoms with van der Waals surface area (Å²) in [6.07, 6.45) is 5.86. The van der Waals surface area contributed by atoms with Gasteiger partial charge in [0.05, 0.1) is 18.4 Å². The summed E-state index contributed by atoms with van der Waals surface area (Å²) in [7, 11) is 0. The summed E-state index contributed by atoms with van der Waals surface area (Å²) < 4.78 is 34.6. The maximum absolute atomic E-state index is 14.7. The van der Waals surface area contributed by atoms with E-state index >= 15 is 0 Å². The van der Waals surface area contributed by atoms with Crippen LogP contribution in [0, 0.1) is 11.6 Å². The largest absolute Gasteiger partial charge is 0.486 e. The van der Waals surface area contributed by atoms with Gasteiger partial charge in [-0.15, -0.1) is 0 Å². The van der Waals surface area contributed by atoms with Crippen LogP contribution in [0.25, 0.3) is 11.3 Å². The van der Waals surface area contributed by atoms with Crippen molar-refractivity contribution in [1.29, 1.82) is 0 Å². The van der Waals surface area contributed by atoms with Crippen LogP contribution in [0.15, 0.2) is 55.4 Å². The van der Waals surface area contributed by atoms with Crippen LogP contribution >= 0.6 is 0 Å². The van der Waals surface area contributed by atoms with Gasteiger partial charge in [-0.05, 0) is 38.1 Å². The highest BCUT2D eigenvalue weighted by Crippen LogP contribution is 2.39. The summed E-state index contributed by atoms with van der Waals surface area (Å²) in [5.74, 6) is -0.854. The Balaban J connectivity index is 2.06. The van der Waals surface area contributed by atoms with Gasteiger partial charge in [0.2, 0.25) is 5.95 Å². The van der Waals surface area contributed by atoms with Crippen molar-refractivity contribution < 1.29 is 13.5 Å². The van der Waals surface area contributed by atoms with Gasteiger partial charge in [-0.25, -0.2) is 18.7 Å². The van der Waals surface area contributed by atoms with E-state index < -0.39 is 11.6 Å². The van der Waals surface area contributed by atoms with Crippen LogP contribution in [0.4, 0.5) is 20.4 Å². The SMILES string of the molecule is C=C/C=C(\C=C)Nc1ncc(F)c(-c2cc(F)c3c(c2)N(C(C)C)CCO3)n1. The van der Waals surface area contributed by atoms with Crippen LogP contribution in [-0.2, 0) is 0 Å². The molecule has 0 saturated heterocycles. The van der Waals surface area contributed by atoms with Gasteiger partial charge < -0.3 is 15.0 Å². The molecule has 1 N–H and O–H groups in total. The molecule has 5 nitrogen and oxygen atoms in total. The lowest BCUT2D eigenvalue weighted by Crippen LogP contribution is -2.38. The van der Waals surface area contributed by atoms with Crippen molar-refractivity contribution in [2.24, 2.45) is 0 Å². The van der Waals surface area contributed by atoms with Crippen molar-refractivity contribution in [3.63, 3.8) is 0 Å². The van der Waals surface area contributed by atoms with E-state index in [1.54, 1.807) is 24.3 Å². The molecule has 1 aliphatic rings. The minimum Gasteiger partial charge on any atom is -0.486 e. The van der Waals surface area contributed by atoms with Gasteiger partial charge in [0.1, 0.15) is 12.3 Å². The lowest BCUT2D eigenvalue weighted by molar-refractivity contribution is 0.287. The Morgan fingerprint density at radius 1 is 1.29 bits per heavy atom. The normalized spacial score (nSPS) is 13.8. The highest BCUT2D eigenvalue weighted by molar-refractivity contribution is 5.73. The van der Waals surface area contributed by atoms with Crippen molar-refractivity contribution >= 4 is 11.6 Å². The lowest BCUT2D eigenvalue weighted by Gasteiger charge is -2.34. The van der Waals surface area contributed by atoms with Crippen molar-refractivity contribution in [3.8, 4) is 17.0 Å². The molecular formula is C21H22F2N4O. The molecule has 28 heavy (non-hydrogen) atoms. The predicted octanol–water partition coefficient (Wildman–Crippen LogP) is 4.70. The number of aromatic nitrogens is 2.